The Morgan fingerprint density at radius 1 is 0.933 bits per heavy atom. The third kappa shape index (κ3) is 5.40. The summed E-state index contributed by atoms with van der Waals surface area (Å²) in [7, 11) is -3.72. The van der Waals surface area contributed by atoms with Gasteiger partial charge in [-0.1, -0.05) is 12.1 Å². The fraction of sp³-hybridized carbons (Fsp3) is 0.136. The van der Waals surface area contributed by atoms with Gasteiger partial charge in [0.25, 0.3) is 15.9 Å². The zero-order valence-corrected chi connectivity index (χ0v) is 18.1. The zero-order chi connectivity index (χ0) is 21.7. The lowest BCUT2D eigenvalue weighted by Gasteiger charge is -2.15. The van der Waals surface area contributed by atoms with Gasteiger partial charge in [0.1, 0.15) is 5.82 Å². The largest absolute Gasteiger partial charge is 0.346 e. The molecule has 1 atom stereocenters. The number of sulfonamides is 1. The quantitative estimate of drug-likeness (QED) is 0.512. The number of nitrogens with one attached hydrogen (secondary N) is 2. The van der Waals surface area contributed by atoms with Crippen molar-refractivity contribution in [2.24, 2.45) is 0 Å². The second kappa shape index (κ2) is 9.32. The van der Waals surface area contributed by atoms with Crippen molar-refractivity contribution in [1.29, 1.82) is 0 Å². The van der Waals surface area contributed by atoms with Gasteiger partial charge in [0, 0.05) is 16.1 Å². The first-order valence-electron chi connectivity index (χ1n) is 9.12. The highest BCUT2D eigenvalue weighted by atomic mass is 32.2. The maximum absolute atomic E-state index is 13.0. The summed E-state index contributed by atoms with van der Waals surface area (Å²) in [6.07, 6.45) is 1.92. The topological polar surface area (TPSA) is 75.3 Å². The highest BCUT2D eigenvalue weighted by Crippen LogP contribution is 2.21. The molecular formula is C22H21FN2O3S2. The van der Waals surface area contributed by atoms with E-state index in [1.54, 1.807) is 55.5 Å². The number of halogens is 1. The first kappa shape index (κ1) is 21.9. The van der Waals surface area contributed by atoms with Crippen molar-refractivity contribution in [1.82, 2.24) is 5.32 Å². The molecule has 8 heteroatoms. The Hall–Kier alpha value is -2.84. The Labute approximate surface area is 179 Å². The number of benzene rings is 3. The number of amides is 1. The summed E-state index contributed by atoms with van der Waals surface area (Å²) in [5, 5.41) is 2.83. The van der Waals surface area contributed by atoms with Crippen molar-refractivity contribution >= 4 is 33.4 Å². The summed E-state index contributed by atoms with van der Waals surface area (Å²) < 4.78 is 40.6. The van der Waals surface area contributed by atoms with Crippen LogP contribution in [-0.2, 0) is 10.0 Å². The van der Waals surface area contributed by atoms with Crippen LogP contribution in [-0.4, -0.2) is 20.6 Å². The average molecular weight is 445 g/mol. The van der Waals surface area contributed by atoms with Gasteiger partial charge in [0.15, 0.2) is 0 Å². The van der Waals surface area contributed by atoms with Crippen LogP contribution in [0.2, 0.25) is 0 Å². The molecule has 0 saturated carbocycles. The molecule has 0 aromatic heterocycles. The van der Waals surface area contributed by atoms with E-state index in [9.17, 15) is 17.6 Å². The third-order valence-corrected chi connectivity index (χ3v) is 6.63. The van der Waals surface area contributed by atoms with Gasteiger partial charge in [-0.2, -0.15) is 0 Å². The molecule has 1 amide bonds. The van der Waals surface area contributed by atoms with Crippen molar-refractivity contribution in [3.8, 4) is 0 Å². The van der Waals surface area contributed by atoms with Crippen LogP contribution in [0, 0.1) is 5.82 Å². The highest BCUT2D eigenvalue weighted by Gasteiger charge is 2.15. The molecule has 0 spiro atoms. The lowest BCUT2D eigenvalue weighted by molar-refractivity contribution is 0.0940. The van der Waals surface area contributed by atoms with Gasteiger partial charge in [-0.3, -0.25) is 9.52 Å². The van der Waals surface area contributed by atoms with Gasteiger partial charge in [0.05, 0.1) is 10.9 Å². The molecule has 3 aromatic rings. The average Bonchev–Trinajstić information content (AvgIpc) is 2.74. The summed E-state index contributed by atoms with van der Waals surface area (Å²) in [6.45, 7) is 1.80. The molecule has 0 aliphatic rings. The fourth-order valence-electron chi connectivity index (χ4n) is 2.77. The molecular weight excluding hydrogens is 423 g/mol. The minimum absolute atomic E-state index is 0.162. The van der Waals surface area contributed by atoms with Gasteiger partial charge < -0.3 is 5.32 Å². The van der Waals surface area contributed by atoms with Crippen molar-refractivity contribution < 1.29 is 17.6 Å². The Balaban J connectivity index is 1.66. The summed E-state index contributed by atoms with van der Waals surface area (Å²) in [5.41, 5.74) is 1.52. The van der Waals surface area contributed by atoms with Crippen LogP contribution in [0.15, 0.2) is 82.6 Å². The standard InChI is InChI=1S/C22H21FN2O3S2/c1-15(16-3-7-18(23)8-4-16)24-22(26)17-5-9-19(10-6-17)25-30(27,28)21-13-11-20(29-2)12-14-21/h3-15,25H,1-2H3,(H,24,26)/t15-/m1/s1. The van der Waals surface area contributed by atoms with Crippen molar-refractivity contribution in [3.63, 3.8) is 0 Å². The Morgan fingerprint density at radius 2 is 1.53 bits per heavy atom. The van der Waals surface area contributed by atoms with E-state index >= 15 is 0 Å². The first-order valence-corrected chi connectivity index (χ1v) is 11.8. The van der Waals surface area contributed by atoms with E-state index in [4.69, 9.17) is 0 Å². The smallest absolute Gasteiger partial charge is 0.261 e. The SMILES string of the molecule is CSc1ccc(S(=O)(=O)Nc2ccc(C(=O)N[C@H](C)c3ccc(F)cc3)cc2)cc1. The van der Waals surface area contributed by atoms with Gasteiger partial charge in [-0.05, 0) is 79.4 Å². The Morgan fingerprint density at radius 3 is 2.10 bits per heavy atom. The van der Waals surface area contributed by atoms with Crippen LogP contribution >= 0.6 is 11.8 Å². The molecule has 3 rings (SSSR count). The van der Waals surface area contributed by atoms with Crippen LogP contribution in [0.25, 0.3) is 0 Å². The summed E-state index contributed by atoms with van der Waals surface area (Å²) in [5.74, 6) is -0.649. The molecule has 156 valence electrons. The number of hydrogen-bond donors (Lipinski definition) is 2. The maximum atomic E-state index is 13.0. The van der Waals surface area contributed by atoms with E-state index in [0.717, 1.165) is 10.5 Å². The van der Waals surface area contributed by atoms with E-state index in [1.165, 1.54) is 36.0 Å². The number of carbonyl (C=O) groups is 1. The minimum Gasteiger partial charge on any atom is -0.346 e. The molecule has 0 fully saturated rings. The van der Waals surface area contributed by atoms with Crippen molar-refractivity contribution in [3.05, 3.63) is 89.7 Å². The maximum Gasteiger partial charge on any atom is 0.261 e. The van der Waals surface area contributed by atoms with Gasteiger partial charge in [-0.15, -0.1) is 11.8 Å². The van der Waals surface area contributed by atoms with Crippen LogP contribution < -0.4 is 10.0 Å². The van der Waals surface area contributed by atoms with E-state index < -0.39 is 10.0 Å². The molecule has 5 nitrogen and oxygen atoms in total. The van der Waals surface area contributed by atoms with E-state index in [0.29, 0.717) is 11.3 Å². The van der Waals surface area contributed by atoms with Crippen molar-refractivity contribution in [2.75, 3.05) is 11.0 Å². The summed E-state index contributed by atoms with van der Waals surface area (Å²) in [4.78, 5) is 13.6. The predicted octanol–water partition coefficient (Wildman–Crippen LogP) is 4.84. The Kier molecular flexibility index (Phi) is 6.79. The van der Waals surface area contributed by atoms with Gasteiger partial charge >= 0.3 is 0 Å². The second-order valence-electron chi connectivity index (χ2n) is 6.61. The molecule has 0 saturated heterocycles. The summed E-state index contributed by atoms with van der Waals surface area (Å²) >= 11 is 1.53. The number of hydrogen-bond acceptors (Lipinski definition) is 4. The van der Waals surface area contributed by atoms with Crippen LogP contribution in [0.3, 0.4) is 0 Å². The molecule has 0 radical (unpaired) electrons. The van der Waals surface area contributed by atoms with E-state index in [1.807, 2.05) is 6.26 Å². The molecule has 0 bridgehead atoms. The minimum atomic E-state index is -3.72. The monoisotopic (exact) mass is 444 g/mol. The van der Waals surface area contributed by atoms with Gasteiger partial charge in [-0.25, -0.2) is 12.8 Å². The number of carbonyl (C=O) groups excluding carboxylic acids is 1. The van der Waals surface area contributed by atoms with Crippen LogP contribution in [0.1, 0.15) is 28.9 Å². The normalized spacial score (nSPS) is 12.2. The Bertz CT molecular complexity index is 1110. The van der Waals surface area contributed by atoms with E-state index in [2.05, 4.69) is 10.0 Å². The predicted molar refractivity (Wildman–Crippen MR) is 118 cm³/mol. The molecule has 0 unspecified atom stereocenters. The highest BCUT2D eigenvalue weighted by molar-refractivity contribution is 7.98. The summed E-state index contributed by atoms with van der Waals surface area (Å²) in [6, 6.07) is 18.3. The molecule has 3 aromatic carbocycles. The zero-order valence-electron chi connectivity index (χ0n) is 16.4. The van der Waals surface area contributed by atoms with E-state index in [-0.39, 0.29) is 22.7 Å². The van der Waals surface area contributed by atoms with Gasteiger partial charge in [0.2, 0.25) is 0 Å². The van der Waals surface area contributed by atoms with Crippen LogP contribution in [0.5, 0.6) is 0 Å². The third-order valence-electron chi connectivity index (χ3n) is 4.49. The first-order chi connectivity index (χ1) is 14.3. The van der Waals surface area contributed by atoms with Crippen molar-refractivity contribution in [2.45, 2.75) is 22.8 Å². The molecule has 30 heavy (non-hydrogen) atoms. The van der Waals surface area contributed by atoms with Crippen LogP contribution in [0.4, 0.5) is 10.1 Å². The molecule has 2 N–H and O–H groups in total. The molecule has 0 aliphatic carbocycles. The lowest BCUT2D eigenvalue weighted by Crippen LogP contribution is -2.26. The second-order valence-corrected chi connectivity index (χ2v) is 9.17. The fourth-order valence-corrected chi connectivity index (χ4v) is 4.24. The lowest BCUT2D eigenvalue weighted by atomic mass is 10.1. The molecule has 0 aliphatic heterocycles. The number of anilines is 1. The molecule has 0 heterocycles. The number of thioether (sulfide) groups is 1. The number of rotatable bonds is 7.